The summed E-state index contributed by atoms with van der Waals surface area (Å²) >= 11 is 0. The molecule has 0 spiro atoms. The van der Waals surface area contributed by atoms with E-state index in [1.54, 1.807) is 36.5 Å². The van der Waals surface area contributed by atoms with E-state index < -0.39 is 0 Å². The van der Waals surface area contributed by atoms with Gasteiger partial charge in [0, 0.05) is 35.8 Å². The van der Waals surface area contributed by atoms with Gasteiger partial charge in [-0.15, -0.1) is 0 Å². The van der Waals surface area contributed by atoms with Crippen LogP contribution in [0.15, 0.2) is 73.1 Å². The van der Waals surface area contributed by atoms with Gasteiger partial charge in [0.1, 0.15) is 17.3 Å². The number of hydrogen-bond donors (Lipinski definition) is 2. The number of carbonyl (C=O) groups excluding carboxylic acids is 1. The molecule has 1 aliphatic rings. The first kappa shape index (κ1) is 24.7. The average molecular weight is 499 g/mol. The highest BCUT2D eigenvalue weighted by Gasteiger charge is 2.30. The van der Waals surface area contributed by atoms with Crippen molar-refractivity contribution in [1.82, 2.24) is 20.1 Å². The number of pyridine rings is 1. The van der Waals surface area contributed by atoms with Gasteiger partial charge in [0.2, 0.25) is 0 Å². The Kier molecular flexibility index (Phi) is 7.04. The van der Waals surface area contributed by atoms with Gasteiger partial charge >= 0.3 is 0 Å². The van der Waals surface area contributed by atoms with Crippen molar-refractivity contribution in [2.24, 2.45) is 11.8 Å². The Labute approximate surface area is 216 Å². The molecule has 1 aliphatic carbocycles. The lowest BCUT2D eigenvalue weighted by Gasteiger charge is -2.13. The van der Waals surface area contributed by atoms with Gasteiger partial charge < -0.3 is 10.4 Å². The molecule has 1 saturated carbocycles. The fraction of sp³-hybridized carbons (Fsp3) is 0.300. The molecule has 2 aromatic heterocycles. The Balaban J connectivity index is 1.34. The number of nitrogens with zero attached hydrogens (tertiary/aromatic N) is 3. The van der Waals surface area contributed by atoms with E-state index in [1.165, 1.54) is 31.0 Å². The van der Waals surface area contributed by atoms with Crippen LogP contribution in [0.2, 0.25) is 0 Å². The molecule has 0 bridgehead atoms. The van der Waals surface area contributed by atoms with E-state index in [0.717, 1.165) is 28.1 Å². The lowest BCUT2D eigenvalue weighted by molar-refractivity contribution is 0.0945. The number of rotatable bonds is 9. The van der Waals surface area contributed by atoms with E-state index in [9.17, 15) is 14.3 Å². The molecule has 2 unspecified atom stereocenters. The molecule has 2 aromatic carbocycles. The van der Waals surface area contributed by atoms with Crippen LogP contribution >= 0.6 is 0 Å². The molecule has 1 amide bonds. The number of aromatic hydroxyl groups is 1. The van der Waals surface area contributed by atoms with Crippen LogP contribution < -0.4 is 5.32 Å². The summed E-state index contributed by atoms with van der Waals surface area (Å²) < 4.78 is 15.6. The molecule has 2 heterocycles. The second-order valence-electron chi connectivity index (χ2n) is 10.0. The Morgan fingerprint density at radius 2 is 1.86 bits per heavy atom. The highest BCUT2D eigenvalue weighted by Crippen LogP contribution is 2.41. The average Bonchev–Trinajstić information content (AvgIpc) is 3.66. The fourth-order valence-electron chi connectivity index (χ4n) is 4.64. The number of amides is 1. The maximum absolute atomic E-state index is 13.6. The molecular weight excluding hydrogens is 467 g/mol. The minimum atomic E-state index is -0.298. The van der Waals surface area contributed by atoms with Crippen molar-refractivity contribution < 1.29 is 14.3 Å². The summed E-state index contributed by atoms with van der Waals surface area (Å²) in [5.41, 5.74) is 4.87. The number of carbonyl (C=O) groups is 1. The van der Waals surface area contributed by atoms with Crippen LogP contribution in [-0.4, -0.2) is 32.3 Å². The molecule has 5 rings (SSSR count). The van der Waals surface area contributed by atoms with E-state index in [0.29, 0.717) is 24.9 Å². The maximum atomic E-state index is 13.6. The summed E-state index contributed by atoms with van der Waals surface area (Å²) in [5, 5.41) is 17.7. The van der Waals surface area contributed by atoms with Crippen LogP contribution in [0.3, 0.4) is 0 Å². The monoisotopic (exact) mass is 498 g/mol. The predicted molar refractivity (Wildman–Crippen MR) is 142 cm³/mol. The number of para-hydroxylation sites is 1. The fourth-order valence-corrected chi connectivity index (χ4v) is 4.64. The SMILES string of the molecule is CC(CNC(=O)c1ccccc1O)Cc1cc(-c2cn(C(C)C3CC3)nc2-c2ccc(F)cc2)ccn1. The summed E-state index contributed by atoms with van der Waals surface area (Å²) in [6.07, 6.45) is 7.01. The molecular formula is C30H31FN4O2. The lowest BCUT2D eigenvalue weighted by atomic mass is 9.99. The topological polar surface area (TPSA) is 80.0 Å². The zero-order chi connectivity index (χ0) is 25.9. The third-order valence-electron chi connectivity index (χ3n) is 7.02. The van der Waals surface area contributed by atoms with E-state index in [2.05, 4.69) is 36.4 Å². The van der Waals surface area contributed by atoms with Crippen molar-refractivity contribution in [2.75, 3.05) is 6.54 Å². The molecule has 1 fully saturated rings. The Morgan fingerprint density at radius 1 is 1.11 bits per heavy atom. The van der Waals surface area contributed by atoms with Gasteiger partial charge in [-0.1, -0.05) is 19.1 Å². The standard InChI is InChI=1S/C30H31FN4O2/c1-19(17-33-30(37)26-5-3-4-6-28(26)36)15-25-16-23(13-14-32-25)27-18-35(20(2)21-7-8-21)34-29(27)22-9-11-24(31)12-10-22/h3-6,9-14,16,18-21,36H,7-8,15,17H2,1-2H3,(H,33,37). The van der Waals surface area contributed by atoms with Gasteiger partial charge in [0.25, 0.3) is 5.91 Å². The first-order chi connectivity index (χ1) is 17.9. The molecule has 2 N–H and O–H groups in total. The lowest BCUT2D eigenvalue weighted by Crippen LogP contribution is -2.29. The molecule has 0 aliphatic heterocycles. The third kappa shape index (κ3) is 5.71. The minimum Gasteiger partial charge on any atom is -0.507 e. The van der Waals surface area contributed by atoms with Crippen LogP contribution in [0.5, 0.6) is 5.75 Å². The highest BCUT2D eigenvalue weighted by molar-refractivity contribution is 5.96. The molecule has 7 heteroatoms. The van der Waals surface area contributed by atoms with Gasteiger partial charge in [0.15, 0.2) is 0 Å². The maximum Gasteiger partial charge on any atom is 0.255 e. The predicted octanol–water partition coefficient (Wildman–Crippen LogP) is 6.04. The number of hydrogen-bond acceptors (Lipinski definition) is 4. The van der Waals surface area contributed by atoms with E-state index in [1.807, 2.05) is 10.7 Å². The summed E-state index contributed by atoms with van der Waals surface area (Å²) in [4.78, 5) is 17.0. The summed E-state index contributed by atoms with van der Waals surface area (Å²) in [6.45, 7) is 4.71. The number of benzene rings is 2. The van der Waals surface area contributed by atoms with Gasteiger partial charge in [-0.2, -0.15) is 5.10 Å². The molecule has 4 aromatic rings. The quantitative estimate of drug-likeness (QED) is 0.295. The number of phenolic OH excluding ortho intramolecular Hbond substituents is 1. The zero-order valence-electron chi connectivity index (χ0n) is 21.1. The number of aromatic nitrogens is 3. The van der Waals surface area contributed by atoms with Crippen molar-refractivity contribution in [3.05, 3.63) is 90.1 Å². The van der Waals surface area contributed by atoms with Crippen molar-refractivity contribution in [2.45, 2.75) is 39.2 Å². The smallest absolute Gasteiger partial charge is 0.255 e. The normalized spacial score (nSPS) is 14.8. The van der Waals surface area contributed by atoms with Gasteiger partial charge in [0.05, 0.1) is 11.6 Å². The zero-order valence-corrected chi connectivity index (χ0v) is 21.1. The van der Waals surface area contributed by atoms with Gasteiger partial charge in [-0.3, -0.25) is 14.5 Å². The van der Waals surface area contributed by atoms with E-state index in [-0.39, 0.29) is 29.0 Å². The van der Waals surface area contributed by atoms with Crippen molar-refractivity contribution >= 4 is 5.91 Å². The Hall–Kier alpha value is -4.00. The second kappa shape index (κ2) is 10.5. The van der Waals surface area contributed by atoms with Crippen LogP contribution in [0, 0.1) is 17.7 Å². The Morgan fingerprint density at radius 3 is 2.59 bits per heavy atom. The van der Waals surface area contributed by atoms with Crippen molar-refractivity contribution in [3.63, 3.8) is 0 Å². The van der Waals surface area contributed by atoms with Crippen LogP contribution in [0.1, 0.15) is 48.8 Å². The summed E-state index contributed by atoms with van der Waals surface area (Å²) in [7, 11) is 0. The summed E-state index contributed by atoms with van der Waals surface area (Å²) in [6, 6.07) is 17.3. The number of halogens is 1. The van der Waals surface area contributed by atoms with Crippen LogP contribution in [0.25, 0.3) is 22.4 Å². The number of phenols is 1. The molecule has 0 saturated heterocycles. The highest BCUT2D eigenvalue weighted by atomic mass is 19.1. The van der Waals surface area contributed by atoms with Crippen molar-refractivity contribution in [3.8, 4) is 28.1 Å². The molecule has 37 heavy (non-hydrogen) atoms. The van der Waals surface area contributed by atoms with Crippen molar-refractivity contribution in [1.29, 1.82) is 0 Å². The molecule has 6 nitrogen and oxygen atoms in total. The molecule has 0 radical (unpaired) electrons. The summed E-state index contributed by atoms with van der Waals surface area (Å²) in [5.74, 6) is 0.177. The van der Waals surface area contributed by atoms with Crippen LogP contribution in [-0.2, 0) is 6.42 Å². The molecule has 2 atom stereocenters. The van der Waals surface area contributed by atoms with E-state index >= 15 is 0 Å². The van der Waals surface area contributed by atoms with Gasteiger partial charge in [-0.25, -0.2) is 4.39 Å². The Bertz CT molecular complexity index is 1390. The first-order valence-electron chi connectivity index (χ1n) is 12.8. The largest absolute Gasteiger partial charge is 0.507 e. The molecule has 190 valence electrons. The van der Waals surface area contributed by atoms with Crippen LogP contribution in [0.4, 0.5) is 4.39 Å². The second-order valence-corrected chi connectivity index (χ2v) is 10.0. The van der Waals surface area contributed by atoms with E-state index in [4.69, 9.17) is 5.10 Å². The number of nitrogens with one attached hydrogen (secondary N) is 1. The van der Waals surface area contributed by atoms with Gasteiger partial charge in [-0.05, 0) is 92.1 Å². The third-order valence-corrected chi connectivity index (χ3v) is 7.02. The first-order valence-corrected chi connectivity index (χ1v) is 12.8. The minimum absolute atomic E-state index is 0.0319.